The summed E-state index contributed by atoms with van der Waals surface area (Å²) in [5, 5.41) is 5.79. The molecule has 0 saturated heterocycles. The Labute approximate surface area is 166 Å². The zero-order valence-electron chi connectivity index (χ0n) is 16.8. The Balaban J connectivity index is 1.95. The van der Waals surface area contributed by atoms with Crippen LogP contribution >= 0.6 is 0 Å². The largest absolute Gasteiger partial charge is 0.492 e. The highest BCUT2D eigenvalue weighted by atomic mass is 16.5. The van der Waals surface area contributed by atoms with Gasteiger partial charge in [-0.3, -0.25) is 14.5 Å². The van der Waals surface area contributed by atoms with Crippen molar-refractivity contribution in [2.24, 2.45) is 0 Å². The maximum Gasteiger partial charge on any atom is 0.238 e. The number of aryl methyl sites for hydroxylation is 1. The molecule has 0 heterocycles. The monoisotopic (exact) mass is 383 g/mol. The minimum absolute atomic E-state index is 0.134. The molecule has 0 bridgehead atoms. The van der Waals surface area contributed by atoms with Crippen LogP contribution in [0.5, 0.6) is 5.75 Å². The third-order valence-corrected chi connectivity index (χ3v) is 4.15. The quantitative estimate of drug-likeness (QED) is 0.657. The number of nitrogens with zero attached hydrogens (tertiary/aromatic N) is 1. The van der Waals surface area contributed by atoms with E-state index in [4.69, 9.17) is 4.74 Å². The molecule has 0 atom stereocenters. The van der Waals surface area contributed by atoms with Gasteiger partial charge in [0.25, 0.3) is 0 Å². The van der Waals surface area contributed by atoms with Crippen LogP contribution in [0.1, 0.15) is 25.8 Å². The number of nitrogens with one attached hydrogen (secondary N) is 2. The maximum absolute atomic E-state index is 12.5. The number of rotatable bonds is 10. The van der Waals surface area contributed by atoms with Gasteiger partial charge in [-0.05, 0) is 50.6 Å². The van der Waals surface area contributed by atoms with Gasteiger partial charge < -0.3 is 15.4 Å². The lowest BCUT2D eigenvalue weighted by Crippen LogP contribution is -2.39. The van der Waals surface area contributed by atoms with Crippen molar-refractivity contribution in [3.63, 3.8) is 0 Å². The molecule has 6 heteroatoms. The van der Waals surface area contributed by atoms with E-state index in [1.165, 1.54) is 0 Å². The van der Waals surface area contributed by atoms with Crippen LogP contribution in [0.25, 0.3) is 0 Å². The summed E-state index contributed by atoms with van der Waals surface area (Å²) in [6, 6.07) is 15.0. The minimum Gasteiger partial charge on any atom is -0.492 e. The third kappa shape index (κ3) is 6.70. The van der Waals surface area contributed by atoms with Gasteiger partial charge in [0.1, 0.15) is 5.75 Å². The average molecular weight is 383 g/mol. The Kier molecular flexibility index (Phi) is 8.49. The number of para-hydroxylation sites is 3. The Bertz CT molecular complexity index is 792. The predicted octanol–water partition coefficient (Wildman–Crippen LogP) is 3.68. The van der Waals surface area contributed by atoms with E-state index in [9.17, 15) is 9.59 Å². The number of carbonyl (C=O) groups is 2. The molecular weight excluding hydrogens is 354 g/mol. The van der Waals surface area contributed by atoms with Crippen LogP contribution in [0.4, 0.5) is 11.4 Å². The van der Waals surface area contributed by atoms with Crippen LogP contribution in [0.2, 0.25) is 0 Å². The van der Waals surface area contributed by atoms with Crippen LogP contribution in [0, 0.1) is 6.92 Å². The standard InChI is InChI=1S/C22H29N3O3/c1-4-14-25(15-21(26)23-18-11-7-6-10-17(18)3)16-22(27)24-19-12-8-9-13-20(19)28-5-2/h6-13H,4-5,14-16H2,1-3H3,(H,23,26)(H,24,27). The van der Waals surface area contributed by atoms with Crippen molar-refractivity contribution < 1.29 is 14.3 Å². The van der Waals surface area contributed by atoms with Gasteiger partial charge in [-0.2, -0.15) is 0 Å². The van der Waals surface area contributed by atoms with Crippen LogP contribution < -0.4 is 15.4 Å². The van der Waals surface area contributed by atoms with E-state index in [0.29, 0.717) is 24.6 Å². The van der Waals surface area contributed by atoms with Crippen LogP contribution in [-0.4, -0.2) is 43.0 Å². The van der Waals surface area contributed by atoms with E-state index in [1.54, 1.807) is 6.07 Å². The molecule has 2 aromatic carbocycles. The second-order valence-electron chi connectivity index (χ2n) is 6.55. The first kappa shape index (κ1) is 21.4. The molecule has 0 spiro atoms. The Hall–Kier alpha value is -2.86. The highest BCUT2D eigenvalue weighted by Crippen LogP contribution is 2.23. The summed E-state index contributed by atoms with van der Waals surface area (Å²) in [4.78, 5) is 26.8. The van der Waals surface area contributed by atoms with Crippen molar-refractivity contribution in [1.29, 1.82) is 0 Å². The van der Waals surface area contributed by atoms with E-state index >= 15 is 0 Å². The summed E-state index contributed by atoms with van der Waals surface area (Å²) in [5.41, 5.74) is 2.43. The molecule has 0 unspecified atom stereocenters. The number of carbonyl (C=O) groups excluding carboxylic acids is 2. The van der Waals surface area contributed by atoms with Crippen LogP contribution in [0.15, 0.2) is 48.5 Å². The van der Waals surface area contributed by atoms with E-state index in [1.807, 2.05) is 68.1 Å². The number of hydrogen-bond donors (Lipinski definition) is 2. The molecule has 0 aliphatic heterocycles. The lowest BCUT2D eigenvalue weighted by molar-refractivity contribution is -0.120. The molecule has 0 saturated carbocycles. The van der Waals surface area contributed by atoms with Gasteiger partial charge in [-0.25, -0.2) is 0 Å². The maximum atomic E-state index is 12.5. The van der Waals surface area contributed by atoms with Gasteiger partial charge in [-0.15, -0.1) is 0 Å². The van der Waals surface area contributed by atoms with E-state index < -0.39 is 0 Å². The summed E-state index contributed by atoms with van der Waals surface area (Å²) in [6.45, 7) is 7.33. The highest BCUT2D eigenvalue weighted by molar-refractivity contribution is 5.95. The van der Waals surface area contributed by atoms with Crippen LogP contribution in [0.3, 0.4) is 0 Å². The fraction of sp³-hybridized carbons (Fsp3) is 0.364. The SMILES string of the molecule is CCCN(CC(=O)Nc1ccccc1C)CC(=O)Nc1ccccc1OCC. The second kappa shape index (κ2) is 11.1. The molecular formula is C22H29N3O3. The summed E-state index contributed by atoms with van der Waals surface area (Å²) in [5.74, 6) is 0.326. The fourth-order valence-corrected chi connectivity index (χ4v) is 2.88. The molecule has 0 aromatic heterocycles. The number of benzene rings is 2. The van der Waals surface area contributed by atoms with Crippen molar-refractivity contribution in [2.45, 2.75) is 27.2 Å². The van der Waals surface area contributed by atoms with Crippen LogP contribution in [-0.2, 0) is 9.59 Å². The molecule has 2 N–H and O–H groups in total. The topological polar surface area (TPSA) is 70.7 Å². The summed E-state index contributed by atoms with van der Waals surface area (Å²) in [7, 11) is 0. The van der Waals surface area contributed by atoms with E-state index in [-0.39, 0.29) is 24.9 Å². The molecule has 2 rings (SSSR count). The first-order valence-corrected chi connectivity index (χ1v) is 9.63. The molecule has 28 heavy (non-hydrogen) atoms. The Morgan fingerprint density at radius 2 is 1.46 bits per heavy atom. The fourth-order valence-electron chi connectivity index (χ4n) is 2.88. The Morgan fingerprint density at radius 1 is 0.893 bits per heavy atom. The zero-order chi connectivity index (χ0) is 20.4. The minimum atomic E-state index is -0.177. The number of amides is 2. The molecule has 0 aliphatic rings. The number of hydrogen-bond acceptors (Lipinski definition) is 4. The number of ether oxygens (including phenoxy) is 1. The molecule has 150 valence electrons. The normalized spacial score (nSPS) is 10.6. The van der Waals surface area contributed by atoms with Gasteiger partial charge in [0.05, 0.1) is 25.4 Å². The van der Waals surface area contributed by atoms with Gasteiger partial charge in [0.15, 0.2) is 0 Å². The number of anilines is 2. The van der Waals surface area contributed by atoms with Crippen molar-refractivity contribution in [2.75, 3.05) is 36.9 Å². The predicted molar refractivity (Wildman–Crippen MR) is 113 cm³/mol. The van der Waals surface area contributed by atoms with Crippen molar-refractivity contribution in [3.8, 4) is 5.75 Å². The van der Waals surface area contributed by atoms with E-state index in [2.05, 4.69) is 10.6 Å². The molecule has 6 nitrogen and oxygen atoms in total. The molecule has 0 aliphatic carbocycles. The molecule has 2 amide bonds. The highest BCUT2D eigenvalue weighted by Gasteiger charge is 2.16. The van der Waals surface area contributed by atoms with Gasteiger partial charge in [0, 0.05) is 5.69 Å². The molecule has 0 radical (unpaired) electrons. The van der Waals surface area contributed by atoms with Gasteiger partial charge >= 0.3 is 0 Å². The summed E-state index contributed by atoms with van der Waals surface area (Å²) in [6.07, 6.45) is 0.848. The summed E-state index contributed by atoms with van der Waals surface area (Å²) < 4.78 is 5.54. The summed E-state index contributed by atoms with van der Waals surface area (Å²) >= 11 is 0. The van der Waals surface area contributed by atoms with E-state index in [0.717, 1.165) is 17.7 Å². The van der Waals surface area contributed by atoms with Crippen molar-refractivity contribution in [3.05, 3.63) is 54.1 Å². The Morgan fingerprint density at radius 3 is 2.07 bits per heavy atom. The average Bonchev–Trinajstić information content (AvgIpc) is 2.65. The second-order valence-corrected chi connectivity index (χ2v) is 6.55. The van der Waals surface area contributed by atoms with Crippen molar-refractivity contribution >= 4 is 23.2 Å². The first-order chi connectivity index (χ1) is 13.5. The van der Waals surface area contributed by atoms with Gasteiger partial charge in [0.2, 0.25) is 11.8 Å². The smallest absolute Gasteiger partial charge is 0.238 e. The zero-order valence-corrected chi connectivity index (χ0v) is 16.8. The van der Waals surface area contributed by atoms with Crippen molar-refractivity contribution in [1.82, 2.24) is 4.90 Å². The molecule has 0 fully saturated rings. The van der Waals surface area contributed by atoms with Gasteiger partial charge in [-0.1, -0.05) is 37.3 Å². The lowest BCUT2D eigenvalue weighted by atomic mass is 10.2. The lowest BCUT2D eigenvalue weighted by Gasteiger charge is -2.21. The first-order valence-electron chi connectivity index (χ1n) is 9.63. The molecule has 2 aromatic rings. The third-order valence-electron chi connectivity index (χ3n) is 4.15.